The third kappa shape index (κ3) is 5.37. The zero-order valence-electron chi connectivity index (χ0n) is 20.4. The monoisotopic (exact) mass is 492 g/mol. The highest BCUT2D eigenvalue weighted by atomic mass is 31.2. The van der Waals surface area contributed by atoms with Crippen molar-refractivity contribution in [1.82, 2.24) is 0 Å². The first-order valence-corrected chi connectivity index (χ1v) is 14.8. The summed E-state index contributed by atoms with van der Waals surface area (Å²) >= 11 is 0. The van der Waals surface area contributed by atoms with Gasteiger partial charge in [-0.2, -0.15) is 0 Å². The van der Waals surface area contributed by atoms with Gasteiger partial charge in [0.15, 0.2) is 0 Å². The highest BCUT2D eigenvalue weighted by Crippen LogP contribution is 2.61. The molecule has 0 bridgehead atoms. The molecule has 0 N–H and O–H groups in total. The van der Waals surface area contributed by atoms with E-state index in [1.807, 2.05) is 41.5 Å². The molecule has 2 aliphatic heterocycles. The molecule has 180 valence electrons. The third-order valence-corrected chi connectivity index (χ3v) is 10.2. The van der Waals surface area contributed by atoms with Crippen LogP contribution in [0.5, 0.6) is 0 Å². The Kier molecular flexibility index (Phi) is 6.83. The molecular weight excluding hydrogens is 458 g/mol. The van der Waals surface area contributed by atoms with Gasteiger partial charge in [-0.25, -0.2) is 0 Å². The Bertz CT molecular complexity index is 1010. The molecule has 0 aliphatic carbocycles. The molecule has 4 rings (SSSR count). The van der Waals surface area contributed by atoms with Crippen LogP contribution in [-0.2, 0) is 39.5 Å². The van der Waals surface area contributed by atoms with E-state index in [0.29, 0.717) is 0 Å². The number of hydrogen-bond donors (Lipinski definition) is 0. The van der Waals surface area contributed by atoms with Crippen molar-refractivity contribution in [2.24, 2.45) is 5.41 Å². The maximum atomic E-state index is 13.3. The van der Waals surface area contributed by atoms with E-state index in [4.69, 9.17) is 18.1 Å². The molecule has 2 saturated heterocycles. The largest absolute Gasteiger partial charge is 0.335 e. The summed E-state index contributed by atoms with van der Waals surface area (Å²) in [4.78, 5) is 0. The Balaban J connectivity index is 1.40. The summed E-state index contributed by atoms with van der Waals surface area (Å²) in [6.07, 6.45) is 0.487. The molecule has 1 spiro atoms. The minimum atomic E-state index is -3.28. The van der Waals surface area contributed by atoms with Crippen LogP contribution in [0.4, 0.5) is 0 Å². The van der Waals surface area contributed by atoms with Crippen molar-refractivity contribution >= 4 is 15.2 Å². The lowest BCUT2D eigenvalue weighted by atomic mass is 9.93. The Hall–Kier alpha value is -1.26. The number of benzene rings is 2. The molecule has 0 radical (unpaired) electrons. The van der Waals surface area contributed by atoms with E-state index in [1.54, 1.807) is 0 Å². The second-order valence-corrected chi connectivity index (χ2v) is 14.0. The van der Waals surface area contributed by atoms with E-state index in [-0.39, 0.29) is 38.8 Å². The molecule has 0 aromatic heterocycles. The molecule has 2 aromatic rings. The molecule has 2 heterocycles. The van der Waals surface area contributed by atoms with Gasteiger partial charge in [0.25, 0.3) is 0 Å². The van der Waals surface area contributed by atoms with Crippen molar-refractivity contribution in [2.75, 3.05) is 26.4 Å². The molecule has 0 amide bonds. The van der Waals surface area contributed by atoms with E-state index < -0.39 is 20.6 Å². The first kappa shape index (κ1) is 24.9. The Morgan fingerprint density at radius 2 is 0.879 bits per heavy atom. The summed E-state index contributed by atoms with van der Waals surface area (Å²) in [7, 11) is -6.56. The van der Waals surface area contributed by atoms with Crippen LogP contribution in [0.3, 0.4) is 0 Å². The predicted molar refractivity (Wildman–Crippen MR) is 130 cm³/mol. The molecular formula is C25H34O6P2. The van der Waals surface area contributed by atoms with E-state index in [0.717, 1.165) is 33.4 Å². The van der Waals surface area contributed by atoms with Gasteiger partial charge in [0, 0.05) is 0 Å². The quantitative estimate of drug-likeness (QED) is 0.442. The summed E-state index contributed by atoms with van der Waals surface area (Å²) in [6.45, 7) is 12.9. The van der Waals surface area contributed by atoms with Crippen LogP contribution < -0.4 is 0 Å². The van der Waals surface area contributed by atoms with Crippen LogP contribution in [0.25, 0.3) is 0 Å². The van der Waals surface area contributed by atoms with Gasteiger partial charge in [0.2, 0.25) is 0 Å². The standard InChI is InChI=1S/C25H34O6P2/c1-17-7-19(3)23(20(4)8-17)11-32(26)28-13-25(14-29-32)15-30-33(27,31-16-25)12-24-21(5)9-18(2)10-22(24)6/h7-10H,11-16H2,1-6H3. The molecule has 0 saturated carbocycles. The number of rotatable bonds is 4. The number of hydrogen-bond acceptors (Lipinski definition) is 6. The highest BCUT2D eigenvalue weighted by Gasteiger charge is 2.48. The van der Waals surface area contributed by atoms with Crippen molar-refractivity contribution in [2.45, 2.75) is 53.9 Å². The zero-order valence-corrected chi connectivity index (χ0v) is 22.2. The Morgan fingerprint density at radius 1 is 0.606 bits per heavy atom. The third-order valence-electron chi connectivity index (χ3n) is 6.65. The van der Waals surface area contributed by atoms with Gasteiger partial charge in [-0.05, 0) is 74.9 Å². The topological polar surface area (TPSA) is 71.1 Å². The fourth-order valence-electron chi connectivity index (χ4n) is 4.75. The highest BCUT2D eigenvalue weighted by molar-refractivity contribution is 7.53. The van der Waals surface area contributed by atoms with E-state index in [9.17, 15) is 9.13 Å². The van der Waals surface area contributed by atoms with Gasteiger partial charge in [0.05, 0.1) is 44.2 Å². The van der Waals surface area contributed by atoms with Gasteiger partial charge < -0.3 is 18.1 Å². The van der Waals surface area contributed by atoms with Crippen molar-refractivity contribution < 1.29 is 27.2 Å². The van der Waals surface area contributed by atoms with Crippen molar-refractivity contribution in [3.05, 3.63) is 68.8 Å². The van der Waals surface area contributed by atoms with Crippen molar-refractivity contribution in [3.8, 4) is 0 Å². The molecule has 2 aromatic carbocycles. The first-order chi connectivity index (χ1) is 15.4. The SMILES string of the molecule is Cc1cc(C)c(CP2(=O)OCC3(CO2)COP(=O)(Cc2c(C)cc(C)cc2C)OC3)c(C)c1. The second-order valence-electron chi connectivity index (χ2n) is 9.89. The maximum absolute atomic E-state index is 13.3. The van der Waals surface area contributed by atoms with Crippen LogP contribution in [0.2, 0.25) is 0 Å². The van der Waals surface area contributed by atoms with Crippen LogP contribution >= 0.6 is 15.2 Å². The van der Waals surface area contributed by atoms with Crippen LogP contribution in [0.15, 0.2) is 24.3 Å². The average Bonchev–Trinajstić information content (AvgIpc) is 2.73. The molecule has 6 nitrogen and oxygen atoms in total. The zero-order chi connectivity index (χ0) is 24.0. The van der Waals surface area contributed by atoms with Crippen molar-refractivity contribution in [3.63, 3.8) is 0 Å². The Labute approximate surface area is 197 Å². The summed E-state index contributed by atoms with van der Waals surface area (Å²) in [5, 5.41) is 0. The fraction of sp³-hybridized carbons (Fsp3) is 0.520. The fourth-order valence-corrected chi connectivity index (χ4v) is 8.92. The van der Waals surface area contributed by atoms with Crippen LogP contribution in [0, 0.1) is 47.0 Å². The van der Waals surface area contributed by atoms with E-state index in [1.165, 1.54) is 11.1 Å². The Morgan fingerprint density at radius 3 is 1.15 bits per heavy atom. The van der Waals surface area contributed by atoms with Gasteiger partial charge in [0.1, 0.15) is 0 Å². The summed E-state index contributed by atoms with van der Waals surface area (Å²) in [5.41, 5.74) is 8.10. The van der Waals surface area contributed by atoms with Gasteiger partial charge in [-0.1, -0.05) is 35.4 Å². The summed E-state index contributed by atoms with van der Waals surface area (Å²) in [5.74, 6) is 0. The molecule has 33 heavy (non-hydrogen) atoms. The minimum Gasteiger partial charge on any atom is -0.307 e. The van der Waals surface area contributed by atoms with E-state index >= 15 is 0 Å². The first-order valence-electron chi connectivity index (χ1n) is 11.3. The predicted octanol–water partition coefficient (Wildman–Crippen LogP) is 6.70. The van der Waals surface area contributed by atoms with E-state index in [2.05, 4.69) is 24.3 Å². The lowest BCUT2D eigenvalue weighted by Gasteiger charge is -2.43. The van der Waals surface area contributed by atoms with Crippen LogP contribution in [0.1, 0.15) is 44.5 Å². The molecule has 8 heteroatoms. The molecule has 2 aliphatic rings. The van der Waals surface area contributed by atoms with Gasteiger partial charge in [-0.3, -0.25) is 9.13 Å². The van der Waals surface area contributed by atoms with Crippen LogP contribution in [-0.4, -0.2) is 26.4 Å². The second kappa shape index (κ2) is 9.07. The maximum Gasteiger partial charge on any atom is 0.335 e. The normalized spacial score (nSPS) is 30.0. The van der Waals surface area contributed by atoms with Crippen molar-refractivity contribution in [1.29, 1.82) is 0 Å². The van der Waals surface area contributed by atoms with Gasteiger partial charge in [-0.15, -0.1) is 0 Å². The summed E-state index contributed by atoms with van der Waals surface area (Å²) < 4.78 is 49.9. The van der Waals surface area contributed by atoms with Gasteiger partial charge >= 0.3 is 15.2 Å². The lowest BCUT2D eigenvalue weighted by molar-refractivity contribution is -0.0690. The molecule has 0 unspecified atom stereocenters. The summed E-state index contributed by atoms with van der Waals surface area (Å²) in [6, 6.07) is 8.32. The smallest absolute Gasteiger partial charge is 0.307 e. The molecule has 0 atom stereocenters. The molecule has 2 fully saturated rings. The minimum absolute atomic E-state index is 0.191. The number of aryl methyl sites for hydroxylation is 6. The lowest BCUT2D eigenvalue weighted by Crippen LogP contribution is -2.45. The average molecular weight is 492 g/mol.